The summed E-state index contributed by atoms with van der Waals surface area (Å²) >= 11 is 0. The van der Waals surface area contributed by atoms with E-state index in [0.717, 1.165) is 49.6 Å². The van der Waals surface area contributed by atoms with Gasteiger partial charge in [0, 0.05) is 12.4 Å². The summed E-state index contributed by atoms with van der Waals surface area (Å²) in [7, 11) is 0. The first-order valence-electron chi connectivity index (χ1n) is 8.36. The van der Waals surface area contributed by atoms with Crippen LogP contribution in [-0.4, -0.2) is 41.3 Å². The molecular formula is C19H21N4O+. The standard InChI is InChI=1S/C19H20N4O/c24-18-7-6-15-4-1-2-5-16(15)17(18)14-22-10-12-23(13-11-22)19-20-8-3-9-21-19/h1-9,24H,10-14H2/p+1. The van der Waals surface area contributed by atoms with Crippen LogP contribution in [0.1, 0.15) is 5.56 Å². The van der Waals surface area contributed by atoms with Gasteiger partial charge in [-0.25, -0.2) is 9.97 Å². The van der Waals surface area contributed by atoms with Gasteiger partial charge >= 0.3 is 0 Å². The summed E-state index contributed by atoms with van der Waals surface area (Å²) < 4.78 is 0. The van der Waals surface area contributed by atoms with Gasteiger partial charge in [0.2, 0.25) is 5.95 Å². The van der Waals surface area contributed by atoms with Gasteiger partial charge in [-0.2, -0.15) is 0 Å². The molecule has 4 rings (SSSR count). The van der Waals surface area contributed by atoms with Crippen molar-refractivity contribution in [1.29, 1.82) is 0 Å². The molecule has 1 aromatic heterocycles. The van der Waals surface area contributed by atoms with Crippen molar-refractivity contribution in [3.8, 4) is 5.75 Å². The second kappa shape index (κ2) is 6.45. The number of fused-ring (bicyclic) bond motifs is 1. The third-order valence-corrected chi connectivity index (χ3v) is 4.75. The van der Waals surface area contributed by atoms with Crippen LogP contribution < -0.4 is 9.80 Å². The third kappa shape index (κ3) is 2.90. The van der Waals surface area contributed by atoms with Crippen LogP contribution in [-0.2, 0) is 6.54 Å². The van der Waals surface area contributed by atoms with Gasteiger partial charge in [0.25, 0.3) is 0 Å². The molecule has 2 aromatic carbocycles. The number of hydrogen-bond donors (Lipinski definition) is 2. The van der Waals surface area contributed by atoms with Crippen molar-refractivity contribution in [2.45, 2.75) is 6.54 Å². The zero-order valence-electron chi connectivity index (χ0n) is 13.5. The molecule has 1 saturated heterocycles. The Bertz CT molecular complexity index is 829. The molecule has 0 bridgehead atoms. The number of benzene rings is 2. The summed E-state index contributed by atoms with van der Waals surface area (Å²) in [4.78, 5) is 12.4. The fourth-order valence-corrected chi connectivity index (χ4v) is 3.41. The third-order valence-electron chi connectivity index (χ3n) is 4.75. The van der Waals surface area contributed by atoms with Crippen LogP contribution >= 0.6 is 0 Å². The molecule has 0 amide bonds. The lowest BCUT2D eigenvalue weighted by molar-refractivity contribution is -0.914. The number of phenolic OH excluding ortho intramolecular Hbond substituents is 1. The number of piperazine rings is 1. The van der Waals surface area contributed by atoms with E-state index >= 15 is 0 Å². The quantitative estimate of drug-likeness (QED) is 0.762. The zero-order chi connectivity index (χ0) is 16.4. The first-order chi connectivity index (χ1) is 11.8. The molecule has 0 spiro atoms. The highest BCUT2D eigenvalue weighted by Crippen LogP contribution is 2.26. The van der Waals surface area contributed by atoms with E-state index in [4.69, 9.17) is 0 Å². The number of nitrogens with zero attached hydrogens (tertiary/aromatic N) is 3. The highest BCUT2D eigenvalue weighted by molar-refractivity contribution is 5.87. The van der Waals surface area contributed by atoms with Crippen molar-refractivity contribution in [1.82, 2.24) is 9.97 Å². The maximum Gasteiger partial charge on any atom is 0.225 e. The van der Waals surface area contributed by atoms with Crippen molar-refractivity contribution in [2.24, 2.45) is 0 Å². The lowest BCUT2D eigenvalue weighted by atomic mass is 10.0. The first-order valence-corrected chi connectivity index (χ1v) is 8.36. The average Bonchev–Trinajstić information content (AvgIpc) is 2.65. The maximum absolute atomic E-state index is 10.3. The molecular weight excluding hydrogens is 300 g/mol. The van der Waals surface area contributed by atoms with E-state index in [-0.39, 0.29) is 0 Å². The molecule has 1 fully saturated rings. The second-order valence-electron chi connectivity index (χ2n) is 6.25. The molecule has 0 saturated carbocycles. The Kier molecular flexibility index (Phi) is 4.01. The molecule has 5 nitrogen and oxygen atoms in total. The smallest absolute Gasteiger partial charge is 0.225 e. The molecule has 0 aliphatic carbocycles. The summed E-state index contributed by atoms with van der Waals surface area (Å²) in [5.74, 6) is 1.21. The molecule has 1 aliphatic heterocycles. The van der Waals surface area contributed by atoms with Gasteiger partial charge in [-0.15, -0.1) is 0 Å². The summed E-state index contributed by atoms with van der Waals surface area (Å²) in [6.45, 7) is 4.74. The van der Waals surface area contributed by atoms with Gasteiger partial charge < -0.3 is 14.9 Å². The highest BCUT2D eigenvalue weighted by Gasteiger charge is 2.23. The van der Waals surface area contributed by atoms with Crippen LogP contribution in [0.5, 0.6) is 5.75 Å². The van der Waals surface area contributed by atoms with Crippen LogP contribution in [0.3, 0.4) is 0 Å². The highest BCUT2D eigenvalue weighted by atomic mass is 16.3. The molecule has 0 atom stereocenters. The fraction of sp³-hybridized carbons (Fsp3) is 0.263. The molecule has 122 valence electrons. The normalized spacial score (nSPS) is 15.8. The largest absolute Gasteiger partial charge is 0.507 e. The first kappa shape index (κ1) is 14.9. The molecule has 0 radical (unpaired) electrons. The predicted octanol–water partition coefficient (Wildman–Crippen LogP) is 1.24. The molecule has 5 heteroatoms. The fourth-order valence-electron chi connectivity index (χ4n) is 3.41. The number of nitrogens with one attached hydrogen (secondary N) is 1. The topological polar surface area (TPSA) is 53.7 Å². The summed E-state index contributed by atoms with van der Waals surface area (Å²) in [6.07, 6.45) is 3.57. The molecule has 24 heavy (non-hydrogen) atoms. The van der Waals surface area contributed by atoms with Gasteiger partial charge in [-0.1, -0.05) is 30.3 Å². The van der Waals surface area contributed by atoms with E-state index < -0.39 is 0 Å². The minimum Gasteiger partial charge on any atom is -0.507 e. The molecule has 2 heterocycles. The molecule has 3 aromatic rings. The van der Waals surface area contributed by atoms with E-state index in [2.05, 4.69) is 27.0 Å². The van der Waals surface area contributed by atoms with Crippen molar-refractivity contribution in [3.63, 3.8) is 0 Å². The average molecular weight is 321 g/mol. The van der Waals surface area contributed by atoms with Gasteiger partial charge in [0.15, 0.2) is 0 Å². The molecule has 0 unspecified atom stereocenters. The Hall–Kier alpha value is -2.66. The Morgan fingerprint density at radius 2 is 1.71 bits per heavy atom. The van der Waals surface area contributed by atoms with Crippen LogP contribution in [0, 0.1) is 0 Å². The number of quaternary nitrogens is 1. The number of anilines is 1. The van der Waals surface area contributed by atoms with Crippen molar-refractivity contribution >= 4 is 16.7 Å². The summed E-state index contributed by atoms with van der Waals surface area (Å²) in [5, 5.41) is 12.7. The number of hydrogen-bond acceptors (Lipinski definition) is 4. The summed E-state index contributed by atoms with van der Waals surface area (Å²) in [5.41, 5.74) is 1.05. The number of rotatable bonds is 3. The van der Waals surface area contributed by atoms with E-state index in [1.54, 1.807) is 12.4 Å². The van der Waals surface area contributed by atoms with Gasteiger partial charge in [0.1, 0.15) is 12.3 Å². The maximum atomic E-state index is 10.3. The minimum atomic E-state index is 0.398. The van der Waals surface area contributed by atoms with Crippen molar-refractivity contribution in [2.75, 3.05) is 31.1 Å². The zero-order valence-corrected chi connectivity index (χ0v) is 13.5. The van der Waals surface area contributed by atoms with Crippen LogP contribution in [0.4, 0.5) is 5.95 Å². The summed E-state index contributed by atoms with van der Waals surface area (Å²) in [6, 6.07) is 13.9. The molecule has 1 aliphatic rings. The number of aromatic nitrogens is 2. The van der Waals surface area contributed by atoms with Crippen LogP contribution in [0.2, 0.25) is 0 Å². The lowest BCUT2D eigenvalue weighted by Gasteiger charge is -2.32. The van der Waals surface area contributed by atoms with Crippen molar-refractivity contribution < 1.29 is 10.0 Å². The van der Waals surface area contributed by atoms with Crippen LogP contribution in [0.15, 0.2) is 54.9 Å². The Morgan fingerprint density at radius 1 is 0.958 bits per heavy atom. The van der Waals surface area contributed by atoms with E-state index in [0.29, 0.717) is 5.75 Å². The van der Waals surface area contributed by atoms with Gasteiger partial charge in [-0.3, -0.25) is 0 Å². The number of aromatic hydroxyl groups is 1. The van der Waals surface area contributed by atoms with Crippen molar-refractivity contribution in [3.05, 3.63) is 60.4 Å². The Balaban J connectivity index is 1.49. The van der Waals surface area contributed by atoms with E-state index in [9.17, 15) is 5.11 Å². The predicted molar refractivity (Wildman–Crippen MR) is 94.3 cm³/mol. The van der Waals surface area contributed by atoms with E-state index in [1.807, 2.05) is 30.3 Å². The minimum absolute atomic E-state index is 0.398. The SMILES string of the molecule is Oc1ccc2ccccc2c1C[NH+]1CCN(c2ncccn2)CC1. The van der Waals surface area contributed by atoms with Gasteiger partial charge in [-0.05, 0) is 22.9 Å². The monoisotopic (exact) mass is 321 g/mol. The lowest BCUT2D eigenvalue weighted by Crippen LogP contribution is -3.13. The van der Waals surface area contributed by atoms with Crippen LogP contribution in [0.25, 0.3) is 10.8 Å². The number of phenols is 1. The Labute approximate surface area is 141 Å². The molecule has 2 N–H and O–H groups in total. The second-order valence-corrected chi connectivity index (χ2v) is 6.25. The van der Waals surface area contributed by atoms with E-state index in [1.165, 1.54) is 10.3 Å². The van der Waals surface area contributed by atoms with Gasteiger partial charge in [0.05, 0.1) is 31.7 Å². The Morgan fingerprint density at radius 3 is 2.50 bits per heavy atom.